The molecule has 1 heterocycles. The van der Waals surface area contributed by atoms with Gasteiger partial charge in [0, 0.05) is 34.0 Å². The predicted octanol–water partition coefficient (Wildman–Crippen LogP) is 4.20. The molecule has 3 aromatic rings. The maximum Gasteiger partial charge on any atom is 0.196 e. The highest BCUT2D eigenvalue weighted by atomic mass is 32.1. The molecule has 1 aliphatic rings. The van der Waals surface area contributed by atoms with Crippen LogP contribution < -0.4 is 5.32 Å². The summed E-state index contributed by atoms with van der Waals surface area (Å²) in [5, 5.41) is 14.9. The summed E-state index contributed by atoms with van der Waals surface area (Å²) in [5.41, 5.74) is 3.18. The number of carbonyl (C=O) groups is 2. The fourth-order valence-corrected chi connectivity index (χ4v) is 3.80. The molecule has 130 valence electrons. The second-order valence-electron chi connectivity index (χ2n) is 6.04. The summed E-state index contributed by atoms with van der Waals surface area (Å²) >= 11 is 1.37. The Morgan fingerprint density at radius 3 is 2.44 bits per heavy atom. The smallest absolute Gasteiger partial charge is 0.196 e. The molecular weight excluding hydrogens is 358 g/mol. The molecule has 1 aromatic heterocycles. The van der Waals surface area contributed by atoms with Crippen LogP contribution in [0.3, 0.4) is 0 Å². The number of fused-ring (bicyclic) bond motifs is 2. The zero-order valence-electron chi connectivity index (χ0n) is 14.3. The molecule has 0 saturated carbocycles. The van der Waals surface area contributed by atoms with E-state index in [1.54, 1.807) is 42.5 Å². The van der Waals surface area contributed by atoms with Crippen LogP contribution in [0, 0.1) is 18.3 Å². The SMILES string of the molecule is Cc1csc(/C(C#N)=C/Nc2cccc3c2C(=O)c2ccccc2C3=O)n1. The van der Waals surface area contributed by atoms with Crippen molar-refractivity contribution < 1.29 is 9.59 Å². The molecule has 0 aliphatic heterocycles. The van der Waals surface area contributed by atoms with Gasteiger partial charge in [0.1, 0.15) is 16.6 Å². The molecule has 1 aliphatic carbocycles. The number of thiazole rings is 1. The molecule has 27 heavy (non-hydrogen) atoms. The number of carbonyl (C=O) groups excluding carboxylic acids is 2. The fourth-order valence-electron chi connectivity index (χ4n) is 3.03. The summed E-state index contributed by atoms with van der Waals surface area (Å²) in [6.07, 6.45) is 1.52. The van der Waals surface area contributed by atoms with Gasteiger partial charge in [-0.1, -0.05) is 36.4 Å². The number of anilines is 1. The molecule has 0 unspecified atom stereocenters. The Morgan fingerprint density at radius 1 is 1.07 bits per heavy atom. The third-order valence-electron chi connectivity index (χ3n) is 4.29. The van der Waals surface area contributed by atoms with Crippen molar-refractivity contribution in [3.8, 4) is 6.07 Å². The molecule has 0 radical (unpaired) electrons. The van der Waals surface area contributed by atoms with Crippen LogP contribution in [0.1, 0.15) is 42.5 Å². The Hall–Kier alpha value is -3.56. The highest BCUT2D eigenvalue weighted by molar-refractivity contribution is 7.10. The second kappa shape index (κ2) is 6.63. The quantitative estimate of drug-likeness (QED) is 0.546. The molecule has 1 N–H and O–H groups in total. The van der Waals surface area contributed by atoms with Crippen molar-refractivity contribution >= 4 is 34.2 Å². The van der Waals surface area contributed by atoms with Gasteiger partial charge in [0.15, 0.2) is 11.6 Å². The first-order valence-electron chi connectivity index (χ1n) is 8.21. The van der Waals surface area contributed by atoms with Gasteiger partial charge in [0.2, 0.25) is 0 Å². The maximum atomic E-state index is 13.0. The topological polar surface area (TPSA) is 82.9 Å². The Morgan fingerprint density at radius 2 is 1.78 bits per heavy atom. The van der Waals surface area contributed by atoms with Gasteiger partial charge in [-0.05, 0) is 13.0 Å². The van der Waals surface area contributed by atoms with E-state index in [1.807, 2.05) is 12.3 Å². The van der Waals surface area contributed by atoms with Crippen molar-refractivity contribution in [1.82, 2.24) is 4.98 Å². The third kappa shape index (κ3) is 2.84. The lowest BCUT2D eigenvalue weighted by Gasteiger charge is -2.19. The van der Waals surface area contributed by atoms with Crippen molar-refractivity contribution in [1.29, 1.82) is 5.26 Å². The number of allylic oxidation sites excluding steroid dienone is 1. The van der Waals surface area contributed by atoms with Gasteiger partial charge in [-0.3, -0.25) is 9.59 Å². The summed E-state index contributed by atoms with van der Waals surface area (Å²) in [4.78, 5) is 30.0. The van der Waals surface area contributed by atoms with Crippen molar-refractivity contribution in [3.63, 3.8) is 0 Å². The van der Waals surface area contributed by atoms with E-state index in [1.165, 1.54) is 17.5 Å². The lowest BCUT2D eigenvalue weighted by molar-refractivity contribution is 0.0979. The van der Waals surface area contributed by atoms with E-state index >= 15 is 0 Å². The van der Waals surface area contributed by atoms with E-state index in [-0.39, 0.29) is 11.6 Å². The molecule has 4 rings (SSSR count). The van der Waals surface area contributed by atoms with E-state index in [4.69, 9.17) is 0 Å². The number of nitriles is 1. The number of rotatable bonds is 3. The Kier molecular flexibility index (Phi) is 4.15. The molecule has 0 bridgehead atoms. The Bertz CT molecular complexity index is 1170. The van der Waals surface area contributed by atoms with Gasteiger partial charge >= 0.3 is 0 Å². The number of nitrogens with one attached hydrogen (secondary N) is 1. The summed E-state index contributed by atoms with van der Waals surface area (Å²) in [5.74, 6) is -0.385. The van der Waals surface area contributed by atoms with E-state index in [0.29, 0.717) is 38.5 Å². The summed E-state index contributed by atoms with van der Waals surface area (Å²) in [6, 6.07) is 14.0. The van der Waals surface area contributed by atoms with Gasteiger partial charge in [0.05, 0.1) is 11.3 Å². The van der Waals surface area contributed by atoms with E-state index < -0.39 is 0 Å². The van der Waals surface area contributed by atoms with Crippen LogP contribution in [0.5, 0.6) is 0 Å². The van der Waals surface area contributed by atoms with Crippen LogP contribution in [-0.2, 0) is 0 Å². The number of ketones is 2. The molecule has 0 spiro atoms. The minimum absolute atomic E-state index is 0.177. The van der Waals surface area contributed by atoms with Gasteiger partial charge < -0.3 is 5.32 Å². The number of nitrogens with zero attached hydrogens (tertiary/aromatic N) is 2. The van der Waals surface area contributed by atoms with E-state index in [2.05, 4.69) is 16.4 Å². The molecule has 0 atom stereocenters. The molecule has 5 nitrogen and oxygen atoms in total. The van der Waals surface area contributed by atoms with Gasteiger partial charge in [-0.2, -0.15) is 5.26 Å². The van der Waals surface area contributed by atoms with Crippen LogP contribution in [0.4, 0.5) is 5.69 Å². The van der Waals surface area contributed by atoms with Crippen LogP contribution in [0.25, 0.3) is 5.57 Å². The lowest BCUT2D eigenvalue weighted by Crippen LogP contribution is -2.21. The number of aryl methyl sites for hydroxylation is 1. The minimum atomic E-state index is -0.208. The zero-order chi connectivity index (χ0) is 19.0. The average Bonchev–Trinajstić information content (AvgIpc) is 3.12. The van der Waals surface area contributed by atoms with E-state index in [0.717, 1.165) is 5.69 Å². The summed E-state index contributed by atoms with van der Waals surface area (Å²) in [6.45, 7) is 1.86. The highest BCUT2D eigenvalue weighted by Crippen LogP contribution is 2.32. The van der Waals surface area contributed by atoms with Crippen LogP contribution in [0.2, 0.25) is 0 Å². The van der Waals surface area contributed by atoms with Crippen molar-refractivity contribution in [3.05, 3.63) is 87.0 Å². The maximum absolute atomic E-state index is 13.0. The Balaban J connectivity index is 1.76. The number of aromatic nitrogens is 1. The average molecular weight is 371 g/mol. The zero-order valence-corrected chi connectivity index (χ0v) is 15.1. The van der Waals surface area contributed by atoms with Crippen molar-refractivity contribution in [2.24, 2.45) is 0 Å². The van der Waals surface area contributed by atoms with E-state index in [9.17, 15) is 14.9 Å². The fraction of sp³-hybridized carbons (Fsp3) is 0.0476. The first-order valence-corrected chi connectivity index (χ1v) is 9.09. The third-order valence-corrected chi connectivity index (χ3v) is 5.29. The molecule has 2 aromatic carbocycles. The number of benzene rings is 2. The first kappa shape index (κ1) is 16.9. The van der Waals surface area contributed by atoms with Crippen molar-refractivity contribution in [2.75, 3.05) is 5.32 Å². The second-order valence-corrected chi connectivity index (χ2v) is 6.90. The van der Waals surface area contributed by atoms with Crippen LogP contribution in [0.15, 0.2) is 54.0 Å². The molecule has 0 saturated heterocycles. The highest BCUT2D eigenvalue weighted by Gasteiger charge is 2.31. The monoisotopic (exact) mass is 371 g/mol. The van der Waals surface area contributed by atoms with Crippen LogP contribution in [-0.4, -0.2) is 16.6 Å². The predicted molar refractivity (Wildman–Crippen MR) is 104 cm³/mol. The van der Waals surface area contributed by atoms with Gasteiger partial charge in [-0.15, -0.1) is 11.3 Å². The molecular formula is C21H13N3O2S. The van der Waals surface area contributed by atoms with Crippen molar-refractivity contribution in [2.45, 2.75) is 6.92 Å². The molecule has 0 amide bonds. The lowest BCUT2D eigenvalue weighted by atomic mass is 9.83. The number of hydrogen-bond donors (Lipinski definition) is 1. The molecule has 0 fully saturated rings. The largest absolute Gasteiger partial charge is 0.360 e. The Labute approximate surface area is 159 Å². The standard InChI is InChI=1S/C21H13N3O2S/c1-12-11-27-21(24-12)13(9-22)10-23-17-8-4-7-16-18(17)20(26)15-6-3-2-5-14(15)19(16)25/h2-8,10-11,23H,1H3/b13-10+. The number of hydrogen-bond acceptors (Lipinski definition) is 6. The molecule has 6 heteroatoms. The summed E-state index contributed by atoms with van der Waals surface area (Å²) in [7, 11) is 0. The van der Waals surface area contributed by atoms with Gasteiger partial charge in [-0.25, -0.2) is 4.98 Å². The minimum Gasteiger partial charge on any atom is -0.360 e. The summed E-state index contributed by atoms with van der Waals surface area (Å²) < 4.78 is 0. The van der Waals surface area contributed by atoms with Gasteiger partial charge in [0.25, 0.3) is 0 Å². The normalized spacial score (nSPS) is 13.0. The first-order chi connectivity index (χ1) is 13.1. The van der Waals surface area contributed by atoms with Crippen LogP contribution >= 0.6 is 11.3 Å².